The second-order valence-electron chi connectivity index (χ2n) is 3.64. The third-order valence-corrected chi connectivity index (χ3v) is 2.83. The second kappa shape index (κ2) is 1.95. The largest absolute Gasteiger partial charge is 0.389 e. The van der Waals surface area contributed by atoms with Crippen LogP contribution >= 0.6 is 0 Å². The van der Waals surface area contributed by atoms with Crippen molar-refractivity contribution in [3.63, 3.8) is 0 Å². The summed E-state index contributed by atoms with van der Waals surface area (Å²) in [4.78, 5) is 0. The van der Waals surface area contributed by atoms with E-state index < -0.39 is 0 Å². The fourth-order valence-electron chi connectivity index (χ4n) is 1.85. The van der Waals surface area contributed by atoms with E-state index in [4.69, 9.17) is 4.74 Å². The molecule has 2 aliphatic carbocycles. The Kier molecular flexibility index (Phi) is 1.29. The van der Waals surface area contributed by atoms with Crippen LogP contribution in [0.3, 0.4) is 0 Å². The Hall–Kier alpha value is -0.0800. The summed E-state index contributed by atoms with van der Waals surface area (Å²) in [5.74, 6) is 0.610. The van der Waals surface area contributed by atoms with Crippen molar-refractivity contribution < 1.29 is 9.84 Å². The number of methoxy groups -OCH3 is 1. The molecular formula is C8H14O2. The Labute approximate surface area is 61.2 Å². The summed E-state index contributed by atoms with van der Waals surface area (Å²) in [7, 11) is 1.72. The highest BCUT2D eigenvalue weighted by Crippen LogP contribution is 2.50. The van der Waals surface area contributed by atoms with Crippen LogP contribution in [-0.2, 0) is 4.74 Å². The molecule has 2 nitrogen and oxygen atoms in total. The van der Waals surface area contributed by atoms with Crippen molar-refractivity contribution >= 4 is 0 Å². The lowest BCUT2D eigenvalue weighted by atomic mass is 9.74. The zero-order chi connectivity index (χ0) is 7.19. The van der Waals surface area contributed by atoms with Crippen LogP contribution < -0.4 is 0 Å². The van der Waals surface area contributed by atoms with Crippen LogP contribution in [0.4, 0.5) is 0 Å². The maximum absolute atomic E-state index is 9.77. The number of hydrogen-bond donors (Lipinski definition) is 1. The first-order valence-electron chi connectivity index (χ1n) is 4.00. The molecule has 0 saturated heterocycles. The van der Waals surface area contributed by atoms with Crippen molar-refractivity contribution in [1.29, 1.82) is 0 Å². The molecule has 2 rings (SSSR count). The highest BCUT2D eigenvalue weighted by Gasteiger charge is 2.52. The van der Waals surface area contributed by atoms with Gasteiger partial charge in [-0.15, -0.1) is 0 Å². The van der Waals surface area contributed by atoms with Crippen LogP contribution in [0.25, 0.3) is 0 Å². The van der Waals surface area contributed by atoms with Gasteiger partial charge in [0.05, 0.1) is 11.7 Å². The molecule has 0 aromatic heterocycles. The fourth-order valence-corrected chi connectivity index (χ4v) is 1.85. The summed E-state index contributed by atoms with van der Waals surface area (Å²) in [6.45, 7) is 0. The van der Waals surface area contributed by atoms with Gasteiger partial charge < -0.3 is 9.84 Å². The minimum atomic E-state index is -0.319. The molecule has 0 spiro atoms. The van der Waals surface area contributed by atoms with Gasteiger partial charge in [0, 0.05) is 20.0 Å². The molecule has 1 N–H and O–H groups in total. The monoisotopic (exact) mass is 142 g/mol. The van der Waals surface area contributed by atoms with Gasteiger partial charge in [-0.1, -0.05) is 0 Å². The zero-order valence-corrected chi connectivity index (χ0v) is 6.34. The summed E-state index contributed by atoms with van der Waals surface area (Å²) in [6, 6.07) is 0. The molecule has 0 unspecified atom stereocenters. The molecule has 2 heteroatoms. The molecule has 0 heterocycles. The highest BCUT2D eigenvalue weighted by molar-refractivity contribution is 5.04. The maximum Gasteiger partial charge on any atom is 0.0725 e. The molecule has 58 valence electrons. The van der Waals surface area contributed by atoms with Gasteiger partial charge in [0.25, 0.3) is 0 Å². The maximum atomic E-state index is 9.77. The van der Waals surface area contributed by atoms with E-state index >= 15 is 0 Å². The topological polar surface area (TPSA) is 29.5 Å². The van der Waals surface area contributed by atoms with Crippen molar-refractivity contribution in [2.24, 2.45) is 5.92 Å². The first-order valence-corrected chi connectivity index (χ1v) is 4.00. The number of rotatable bonds is 2. The lowest BCUT2D eigenvalue weighted by molar-refractivity contribution is -0.139. The normalized spacial score (nSPS) is 46.8. The average Bonchev–Trinajstić information content (AvgIpc) is 2.61. The second-order valence-corrected chi connectivity index (χ2v) is 3.64. The quantitative estimate of drug-likeness (QED) is 0.621. The predicted octanol–water partition coefficient (Wildman–Crippen LogP) is 0.936. The van der Waals surface area contributed by atoms with E-state index in [9.17, 15) is 5.11 Å². The van der Waals surface area contributed by atoms with Gasteiger partial charge in [0.1, 0.15) is 0 Å². The van der Waals surface area contributed by atoms with Gasteiger partial charge in [0.15, 0.2) is 0 Å². The Morgan fingerprint density at radius 3 is 2.40 bits per heavy atom. The minimum Gasteiger partial charge on any atom is -0.389 e. The Balaban J connectivity index is 1.85. The van der Waals surface area contributed by atoms with Crippen molar-refractivity contribution in [3.8, 4) is 0 Å². The summed E-state index contributed by atoms with van der Waals surface area (Å²) in [5.41, 5.74) is -0.319. The number of hydrogen-bond acceptors (Lipinski definition) is 2. The molecule has 2 saturated carbocycles. The molecule has 0 bridgehead atoms. The number of ether oxygens (including phenoxy) is 1. The van der Waals surface area contributed by atoms with Crippen molar-refractivity contribution in [1.82, 2.24) is 0 Å². The highest BCUT2D eigenvalue weighted by atomic mass is 16.5. The molecule has 0 aromatic carbocycles. The molecular weight excluding hydrogens is 128 g/mol. The molecule has 0 amide bonds. The Bertz CT molecular complexity index is 134. The zero-order valence-electron chi connectivity index (χ0n) is 6.34. The standard InChI is InChI=1S/C8H14O2/c1-10-7-4-8(9,5-7)6-2-3-6/h6-7,9H,2-5H2,1H3. The SMILES string of the molecule is COC1CC(O)(C2CC2)C1. The molecule has 0 radical (unpaired) electrons. The van der Waals surface area contributed by atoms with E-state index in [1.54, 1.807) is 7.11 Å². The van der Waals surface area contributed by atoms with E-state index in [1.165, 1.54) is 12.8 Å². The van der Waals surface area contributed by atoms with Gasteiger partial charge in [-0.25, -0.2) is 0 Å². The lowest BCUT2D eigenvalue weighted by Gasteiger charge is -2.43. The van der Waals surface area contributed by atoms with Gasteiger partial charge in [-0.2, -0.15) is 0 Å². The smallest absolute Gasteiger partial charge is 0.0725 e. The van der Waals surface area contributed by atoms with Crippen molar-refractivity contribution in [3.05, 3.63) is 0 Å². The van der Waals surface area contributed by atoms with E-state index in [0.717, 1.165) is 12.8 Å². The summed E-state index contributed by atoms with van der Waals surface area (Å²) in [5, 5.41) is 9.77. The Morgan fingerprint density at radius 2 is 2.00 bits per heavy atom. The van der Waals surface area contributed by atoms with Crippen LogP contribution in [0, 0.1) is 5.92 Å². The molecule has 2 aliphatic rings. The lowest BCUT2D eigenvalue weighted by Crippen LogP contribution is -2.49. The molecule has 10 heavy (non-hydrogen) atoms. The van der Waals surface area contributed by atoms with Gasteiger partial charge in [-0.05, 0) is 18.8 Å². The average molecular weight is 142 g/mol. The van der Waals surface area contributed by atoms with Crippen LogP contribution in [-0.4, -0.2) is 23.9 Å². The van der Waals surface area contributed by atoms with Crippen LogP contribution in [0.2, 0.25) is 0 Å². The molecule has 0 aliphatic heterocycles. The summed E-state index contributed by atoms with van der Waals surface area (Å²) in [6.07, 6.45) is 4.54. The number of aliphatic hydroxyl groups is 1. The van der Waals surface area contributed by atoms with Crippen LogP contribution in [0.1, 0.15) is 25.7 Å². The third-order valence-electron chi connectivity index (χ3n) is 2.83. The molecule has 2 fully saturated rings. The first kappa shape index (κ1) is 6.62. The minimum absolute atomic E-state index is 0.319. The third kappa shape index (κ3) is 0.867. The predicted molar refractivity (Wildman–Crippen MR) is 37.7 cm³/mol. The Morgan fingerprint density at radius 1 is 1.40 bits per heavy atom. The van der Waals surface area contributed by atoms with Crippen LogP contribution in [0.15, 0.2) is 0 Å². The van der Waals surface area contributed by atoms with E-state index in [0.29, 0.717) is 12.0 Å². The van der Waals surface area contributed by atoms with E-state index in [1.807, 2.05) is 0 Å². The van der Waals surface area contributed by atoms with E-state index in [2.05, 4.69) is 0 Å². The molecule has 0 atom stereocenters. The summed E-state index contributed by atoms with van der Waals surface area (Å²) >= 11 is 0. The van der Waals surface area contributed by atoms with Crippen molar-refractivity contribution in [2.45, 2.75) is 37.4 Å². The summed E-state index contributed by atoms with van der Waals surface area (Å²) < 4.78 is 5.10. The van der Waals surface area contributed by atoms with Gasteiger partial charge in [0.2, 0.25) is 0 Å². The van der Waals surface area contributed by atoms with Gasteiger partial charge >= 0.3 is 0 Å². The van der Waals surface area contributed by atoms with Gasteiger partial charge in [-0.3, -0.25) is 0 Å². The molecule has 0 aromatic rings. The van der Waals surface area contributed by atoms with E-state index in [-0.39, 0.29) is 5.60 Å². The van der Waals surface area contributed by atoms with Crippen LogP contribution in [0.5, 0.6) is 0 Å². The fraction of sp³-hybridized carbons (Fsp3) is 1.00. The first-order chi connectivity index (χ1) is 4.74. The van der Waals surface area contributed by atoms with Crippen molar-refractivity contribution in [2.75, 3.05) is 7.11 Å².